The maximum atomic E-state index is 13.1. The van der Waals surface area contributed by atoms with E-state index in [-0.39, 0.29) is 5.02 Å². The molecule has 0 unspecified atom stereocenters. The molecule has 1 aliphatic carbocycles. The first-order valence-corrected chi connectivity index (χ1v) is 7.37. The molecule has 2 rings (SSSR count). The lowest BCUT2D eigenvalue weighted by molar-refractivity contribution is 0.309. The molecule has 1 aromatic rings. The van der Waals surface area contributed by atoms with Gasteiger partial charge in [0, 0.05) is 11.7 Å². The Bertz CT molecular complexity index is 467. The van der Waals surface area contributed by atoms with Crippen molar-refractivity contribution in [2.75, 3.05) is 5.32 Å². The molecule has 104 valence electrons. The minimum Gasteiger partial charge on any atom is -0.359 e. The first-order valence-electron chi connectivity index (χ1n) is 6.59. The number of hydrogen-bond donors (Lipinski definition) is 2. The molecular weight excluding hydrogens is 283 g/mol. The van der Waals surface area contributed by atoms with Gasteiger partial charge < -0.3 is 10.6 Å². The molecule has 2 N–H and O–H groups in total. The van der Waals surface area contributed by atoms with Crippen molar-refractivity contribution in [3.63, 3.8) is 0 Å². The largest absolute Gasteiger partial charge is 0.359 e. The van der Waals surface area contributed by atoms with Gasteiger partial charge in [0.25, 0.3) is 0 Å². The summed E-state index contributed by atoms with van der Waals surface area (Å²) in [5.74, 6) is 0.206. The van der Waals surface area contributed by atoms with Crippen LogP contribution in [0.3, 0.4) is 0 Å². The molecule has 19 heavy (non-hydrogen) atoms. The van der Waals surface area contributed by atoms with Gasteiger partial charge in [-0.1, -0.05) is 31.4 Å². The molecule has 0 spiro atoms. The topological polar surface area (TPSA) is 24.1 Å². The van der Waals surface area contributed by atoms with Gasteiger partial charge >= 0.3 is 0 Å². The summed E-state index contributed by atoms with van der Waals surface area (Å²) in [7, 11) is 0. The van der Waals surface area contributed by atoms with Crippen molar-refractivity contribution in [1.29, 1.82) is 0 Å². The number of nitrogens with one attached hydrogen (secondary N) is 2. The number of rotatable bonds is 2. The lowest BCUT2D eigenvalue weighted by Crippen LogP contribution is -2.43. The Kier molecular flexibility index (Phi) is 4.99. The van der Waals surface area contributed by atoms with E-state index >= 15 is 0 Å². The predicted octanol–water partition coefficient (Wildman–Crippen LogP) is 4.34. The third kappa shape index (κ3) is 4.05. The third-order valence-corrected chi connectivity index (χ3v) is 4.12. The van der Waals surface area contributed by atoms with E-state index in [9.17, 15) is 4.39 Å². The van der Waals surface area contributed by atoms with Crippen molar-refractivity contribution in [2.45, 2.75) is 38.6 Å². The summed E-state index contributed by atoms with van der Waals surface area (Å²) in [6.07, 6.45) is 4.93. The van der Waals surface area contributed by atoms with Crippen molar-refractivity contribution in [3.8, 4) is 0 Å². The van der Waals surface area contributed by atoms with Crippen molar-refractivity contribution in [1.82, 2.24) is 5.32 Å². The molecule has 1 aliphatic rings. The zero-order valence-corrected chi connectivity index (χ0v) is 12.5. The van der Waals surface area contributed by atoms with Crippen LogP contribution in [0.5, 0.6) is 0 Å². The SMILES string of the molecule is C[C@H]1CCCC[C@@H]1NC(=S)Nc1ccc(F)c(Cl)c1. The Morgan fingerprint density at radius 1 is 1.37 bits per heavy atom. The van der Waals surface area contributed by atoms with Crippen LogP contribution in [0.15, 0.2) is 18.2 Å². The van der Waals surface area contributed by atoms with Crippen LogP contribution in [-0.2, 0) is 0 Å². The Balaban J connectivity index is 1.91. The summed E-state index contributed by atoms with van der Waals surface area (Å²) >= 11 is 11.0. The summed E-state index contributed by atoms with van der Waals surface area (Å²) in [4.78, 5) is 0. The van der Waals surface area contributed by atoms with E-state index in [0.29, 0.717) is 22.8 Å². The molecule has 2 nitrogen and oxygen atoms in total. The average Bonchev–Trinajstić information content (AvgIpc) is 2.37. The van der Waals surface area contributed by atoms with E-state index < -0.39 is 5.82 Å². The Morgan fingerprint density at radius 2 is 2.11 bits per heavy atom. The highest BCUT2D eigenvalue weighted by atomic mass is 35.5. The monoisotopic (exact) mass is 300 g/mol. The maximum Gasteiger partial charge on any atom is 0.171 e. The lowest BCUT2D eigenvalue weighted by atomic mass is 9.86. The normalized spacial score (nSPS) is 22.9. The third-order valence-electron chi connectivity index (χ3n) is 3.61. The Labute approximate surface area is 123 Å². The molecular formula is C14H18ClFN2S. The fourth-order valence-corrected chi connectivity index (χ4v) is 2.89. The van der Waals surface area contributed by atoms with Gasteiger partial charge in [-0.2, -0.15) is 0 Å². The molecule has 0 amide bonds. The molecule has 1 aromatic carbocycles. The van der Waals surface area contributed by atoms with Crippen LogP contribution in [0, 0.1) is 11.7 Å². The summed E-state index contributed by atoms with van der Waals surface area (Å²) in [5, 5.41) is 7.05. The highest BCUT2D eigenvalue weighted by Crippen LogP contribution is 2.24. The van der Waals surface area contributed by atoms with Crippen LogP contribution >= 0.6 is 23.8 Å². The molecule has 0 heterocycles. The molecule has 2 atom stereocenters. The Hall–Kier alpha value is -0.870. The van der Waals surface area contributed by atoms with Crippen LogP contribution in [0.2, 0.25) is 5.02 Å². The van der Waals surface area contributed by atoms with Gasteiger partial charge in [0.15, 0.2) is 5.11 Å². The number of hydrogen-bond acceptors (Lipinski definition) is 1. The molecule has 0 aliphatic heterocycles. The lowest BCUT2D eigenvalue weighted by Gasteiger charge is -2.30. The van der Waals surface area contributed by atoms with E-state index in [1.807, 2.05) is 0 Å². The van der Waals surface area contributed by atoms with Crippen molar-refractivity contribution in [2.24, 2.45) is 5.92 Å². The van der Waals surface area contributed by atoms with Crippen molar-refractivity contribution in [3.05, 3.63) is 29.0 Å². The predicted molar refractivity (Wildman–Crippen MR) is 82.2 cm³/mol. The summed E-state index contributed by atoms with van der Waals surface area (Å²) in [6, 6.07) is 4.91. The minimum atomic E-state index is -0.424. The van der Waals surface area contributed by atoms with Crippen LogP contribution < -0.4 is 10.6 Å². The van der Waals surface area contributed by atoms with Crippen LogP contribution in [0.25, 0.3) is 0 Å². The fraction of sp³-hybridized carbons (Fsp3) is 0.500. The van der Waals surface area contributed by atoms with Gasteiger partial charge in [-0.15, -0.1) is 0 Å². The molecule has 5 heteroatoms. The zero-order chi connectivity index (χ0) is 13.8. The quantitative estimate of drug-likeness (QED) is 0.794. The molecule has 1 saturated carbocycles. The molecule has 1 fully saturated rings. The number of thiocarbonyl (C=S) groups is 1. The molecule has 0 radical (unpaired) electrons. The molecule has 0 saturated heterocycles. The second-order valence-electron chi connectivity index (χ2n) is 5.10. The number of benzene rings is 1. The smallest absolute Gasteiger partial charge is 0.171 e. The second kappa shape index (κ2) is 6.53. The minimum absolute atomic E-state index is 0.0961. The standard InChI is InChI=1S/C14H18ClFN2S/c1-9-4-2-3-5-13(9)18-14(19)17-10-6-7-12(16)11(15)8-10/h6-9,13H,2-5H2,1H3,(H2,17,18,19)/t9-,13-/m0/s1. The summed E-state index contributed by atoms with van der Waals surface area (Å²) < 4.78 is 13.1. The van der Waals surface area contributed by atoms with Crippen molar-refractivity contribution >= 4 is 34.6 Å². The van der Waals surface area contributed by atoms with E-state index in [0.717, 1.165) is 6.42 Å². The van der Waals surface area contributed by atoms with Gasteiger partial charge in [0.1, 0.15) is 5.82 Å². The van der Waals surface area contributed by atoms with Gasteiger partial charge in [0.05, 0.1) is 5.02 Å². The zero-order valence-electron chi connectivity index (χ0n) is 10.9. The maximum absolute atomic E-state index is 13.1. The van der Waals surface area contributed by atoms with E-state index in [2.05, 4.69) is 17.6 Å². The van der Waals surface area contributed by atoms with Gasteiger partial charge in [-0.3, -0.25) is 0 Å². The highest BCUT2D eigenvalue weighted by Gasteiger charge is 2.21. The van der Waals surface area contributed by atoms with Gasteiger partial charge in [-0.25, -0.2) is 4.39 Å². The van der Waals surface area contributed by atoms with Gasteiger partial charge in [-0.05, 0) is 49.2 Å². The van der Waals surface area contributed by atoms with Crippen LogP contribution in [0.4, 0.5) is 10.1 Å². The molecule has 0 aromatic heterocycles. The van der Waals surface area contributed by atoms with E-state index in [1.54, 1.807) is 6.07 Å². The average molecular weight is 301 g/mol. The Morgan fingerprint density at radius 3 is 2.79 bits per heavy atom. The first kappa shape index (κ1) is 14.5. The van der Waals surface area contributed by atoms with Crippen LogP contribution in [0.1, 0.15) is 32.6 Å². The molecule has 0 bridgehead atoms. The summed E-state index contributed by atoms with van der Waals surface area (Å²) in [6.45, 7) is 2.24. The summed E-state index contributed by atoms with van der Waals surface area (Å²) in [5.41, 5.74) is 0.701. The first-order chi connectivity index (χ1) is 9.06. The highest BCUT2D eigenvalue weighted by molar-refractivity contribution is 7.80. The van der Waals surface area contributed by atoms with E-state index in [1.165, 1.54) is 31.4 Å². The van der Waals surface area contributed by atoms with Crippen LogP contribution in [-0.4, -0.2) is 11.2 Å². The van der Waals surface area contributed by atoms with Crippen molar-refractivity contribution < 1.29 is 4.39 Å². The second-order valence-corrected chi connectivity index (χ2v) is 5.91. The van der Waals surface area contributed by atoms with E-state index in [4.69, 9.17) is 23.8 Å². The number of anilines is 1. The van der Waals surface area contributed by atoms with Gasteiger partial charge in [0.2, 0.25) is 0 Å². The number of halogens is 2. The fourth-order valence-electron chi connectivity index (χ4n) is 2.44.